The van der Waals surface area contributed by atoms with Crippen LogP contribution in [0.3, 0.4) is 0 Å². The molecule has 37 heavy (non-hydrogen) atoms. The second-order valence-corrected chi connectivity index (χ2v) is 9.52. The van der Waals surface area contributed by atoms with Gasteiger partial charge < -0.3 is 14.7 Å². The largest absolute Gasteiger partial charge is 0.494 e. The van der Waals surface area contributed by atoms with Crippen LogP contribution >= 0.6 is 0 Å². The number of benzene rings is 1. The predicted molar refractivity (Wildman–Crippen MR) is 153 cm³/mol. The summed E-state index contributed by atoms with van der Waals surface area (Å²) in [6.07, 6.45) is 11.0. The lowest BCUT2D eigenvalue weighted by molar-refractivity contribution is 0.305. The Kier molecular flexibility index (Phi) is 6.42. The number of unbranched alkanes of at least 4 members (excludes halogenated alkanes) is 3. The van der Waals surface area contributed by atoms with Crippen LogP contribution in [0.1, 0.15) is 60.9 Å². The summed E-state index contributed by atoms with van der Waals surface area (Å²) in [4.78, 5) is 16.7. The molecule has 5 nitrogen and oxygen atoms in total. The van der Waals surface area contributed by atoms with Crippen molar-refractivity contribution in [2.24, 2.45) is 0 Å². The van der Waals surface area contributed by atoms with Gasteiger partial charge in [0, 0.05) is 27.6 Å². The minimum atomic E-state index is 0.761. The predicted octanol–water partition coefficient (Wildman–Crippen LogP) is 8.03. The fourth-order valence-electron chi connectivity index (χ4n) is 4.70. The molecule has 0 saturated heterocycles. The number of aromatic amines is 2. The van der Waals surface area contributed by atoms with Crippen LogP contribution in [0.25, 0.3) is 45.9 Å². The van der Waals surface area contributed by atoms with Gasteiger partial charge in [0.1, 0.15) is 5.75 Å². The van der Waals surface area contributed by atoms with Gasteiger partial charge in [-0.25, -0.2) is 9.97 Å². The normalized spacial score (nSPS) is 12.5. The van der Waals surface area contributed by atoms with Crippen LogP contribution in [-0.4, -0.2) is 26.5 Å². The molecular weight excluding hydrogens is 456 g/mol. The summed E-state index contributed by atoms with van der Waals surface area (Å²) >= 11 is 0. The molecule has 8 bridgehead atoms. The van der Waals surface area contributed by atoms with E-state index >= 15 is 0 Å². The molecule has 5 heteroatoms. The minimum Gasteiger partial charge on any atom is -0.494 e. The molecule has 3 aromatic heterocycles. The topological polar surface area (TPSA) is 66.6 Å². The third-order valence-electron chi connectivity index (χ3n) is 6.60. The fraction of sp³-hybridized carbons (Fsp3) is 0.188. The van der Waals surface area contributed by atoms with E-state index < -0.39 is 0 Å². The smallest absolute Gasteiger partial charge is 0.119 e. The standard InChI is InChI=1S/C32H30N4O/c1-2-3-4-5-16-37-30-14-6-22(7-15-30)31-20-29-19-27-11-10-25(34-27)17-23-8-9-24(33-23)18-26-12-13-28(35-26)21-32(31)36-29/h6-15,17-21,33-34H,2-5,16H2,1H3. The van der Waals surface area contributed by atoms with Gasteiger partial charge in [-0.2, -0.15) is 0 Å². The Balaban J connectivity index is 1.39. The summed E-state index contributed by atoms with van der Waals surface area (Å²) in [5, 5.41) is 0. The van der Waals surface area contributed by atoms with Crippen molar-refractivity contribution in [1.29, 1.82) is 0 Å². The van der Waals surface area contributed by atoms with E-state index in [1.807, 2.05) is 12.2 Å². The van der Waals surface area contributed by atoms with Crippen LogP contribution in [0, 0.1) is 0 Å². The number of nitrogens with zero attached hydrogens (tertiary/aromatic N) is 2. The van der Waals surface area contributed by atoms with Crippen LogP contribution in [-0.2, 0) is 0 Å². The summed E-state index contributed by atoms with van der Waals surface area (Å²) in [5.41, 5.74) is 9.87. The Labute approximate surface area is 216 Å². The number of rotatable bonds is 7. The van der Waals surface area contributed by atoms with Gasteiger partial charge >= 0.3 is 0 Å². The Hall–Kier alpha value is -4.38. The Bertz CT molecular complexity index is 1640. The highest BCUT2D eigenvalue weighted by Gasteiger charge is 2.14. The molecule has 0 saturated carbocycles. The Morgan fingerprint density at radius 2 is 1.30 bits per heavy atom. The summed E-state index contributed by atoms with van der Waals surface area (Å²) in [5.74, 6) is 0.906. The highest BCUT2D eigenvalue weighted by Crippen LogP contribution is 2.30. The Morgan fingerprint density at radius 1 is 0.649 bits per heavy atom. The van der Waals surface area contributed by atoms with E-state index in [1.165, 1.54) is 19.3 Å². The van der Waals surface area contributed by atoms with Gasteiger partial charge in [-0.1, -0.05) is 38.3 Å². The maximum absolute atomic E-state index is 5.95. The second kappa shape index (κ2) is 10.3. The molecule has 6 rings (SSSR count). The van der Waals surface area contributed by atoms with Gasteiger partial charge in [-0.05, 0) is 90.9 Å². The maximum Gasteiger partial charge on any atom is 0.119 e. The Morgan fingerprint density at radius 3 is 2.00 bits per heavy atom. The first-order valence-electron chi connectivity index (χ1n) is 13.0. The summed E-state index contributed by atoms with van der Waals surface area (Å²) in [6, 6.07) is 24.9. The molecule has 0 unspecified atom stereocenters. The van der Waals surface area contributed by atoms with Crippen molar-refractivity contribution in [3.05, 3.63) is 101 Å². The zero-order valence-corrected chi connectivity index (χ0v) is 21.0. The summed E-state index contributed by atoms with van der Waals surface area (Å²) < 4.78 is 5.95. The van der Waals surface area contributed by atoms with E-state index in [-0.39, 0.29) is 0 Å². The van der Waals surface area contributed by atoms with E-state index in [4.69, 9.17) is 14.7 Å². The van der Waals surface area contributed by atoms with Gasteiger partial charge in [-0.15, -0.1) is 0 Å². The van der Waals surface area contributed by atoms with Crippen LogP contribution in [0.15, 0.2) is 72.8 Å². The molecule has 4 aromatic rings. The van der Waals surface area contributed by atoms with Crippen LogP contribution in [0.5, 0.6) is 5.75 Å². The number of hydrogen-bond acceptors (Lipinski definition) is 3. The first-order chi connectivity index (χ1) is 18.2. The molecule has 5 heterocycles. The molecule has 0 amide bonds. The van der Waals surface area contributed by atoms with Gasteiger partial charge in [-0.3, -0.25) is 0 Å². The van der Waals surface area contributed by atoms with Crippen molar-refractivity contribution in [2.75, 3.05) is 6.61 Å². The highest BCUT2D eigenvalue weighted by atomic mass is 16.5. The lowest BCUT2D eigenvalue weighted by Crippen LogP contribution is -1.97. The fourth-order valence-corrected chi connectivity index (χ4v) is 4.70. The average molecular weight is 487 g/mol. The number of aromatic nitrogens is 4. The summed E-state index contributed by atoms with van der Waals surface area (Å²) in [7, 11) is 0. The maximum atomic E-state index is 5.95. The third-order valence-corrected chi connectivity index (χ3v) is 6.60. The van der Waals surface area contributed by atoms with E-state index in [0.717, 1.165) is 74.8 Å². The molecule has 0 radical (unpaired) electrons. The van der Waals surface area contributed by atoms with Gasteiger partial charge in [0.15, 0.2) is 0 Å². The van der Waals surface area contributed by atoms with Crippen LogP contribution in [0.2, 0.25) is 0 Å². The molecule has 1 aromatic carbocycles. The van der Waals surface area contributed by atoms with E-state index in [0.29, 0.717) is 0 Å². The molecule has 184 valence electrons. The number of fused-ring (bicyclic) bond motifs is 8. The van der Waals surface area contributed by atoms with Crippen molar-refractivity contribution in [2.45, 2.75) is 32.6 Å². The molecule has 2 aliphatic rings. The number of nitrogens with one attached hydrogen (secondary N) is 2. The minimum absolute atomic E-state index is 0.761. The number of hydrogen-bond donors (Lipinski definition) is 2. The quantitative estimate of drug-likeness (QED) is 0.224. The molecule has 2 N–H and O–H groups in total. The zero-order chi connectivity index (χ0) is 25.0. The third kappa shape index (κ3) is 5.41. The highest BCUT2D eigenvalue weighted by molar-refractivity contribution is 5.93. The van der Waals surface area contributed by atoms with E-state index in [9.17, 15) is 0 Å². The summed E-state index contributed by atoms with van der Waals surface area (Å²) in [6.45, 7) is 2.98. The first-order valence-corrected chi connectivity index (χ1v) is 13.0. The van der Waals surface area contributed by atoms with Crippen molar-refractivity contribution in [1.82, 2.24) is 19.9 Å². The van der Waals surface area contributed by atoms with Crippen molar-refractivity contribution < 1.29 is 4.74 Å². The van der Waals surface area contributed by atoms with Gasteiger partial charge in [0.2, 0.25) is 0 Å². The van der Waals surface area contributed by atoms with Crippen molar-refractivity contribution in [3.63, 3.8) is 0 Å². The lowest BCUT2D eigenvalue weighted by Gasteiger charge is -2.08. The van der Waals surface area contributed by atoms with Crippen LogP contribution in [0.4, 0.5) is 0 Å². The number of H-pyrrole nitrogens is 2. The SMILES string of the molecule is CCCCCCOc1ccc(C2=Cc3cc4ccc(cc5ccc(cc6nc(cc2n3)C=C6)[nH]5)[nH]4)cc1. The monoisotopic (exact) mass is 486 g/mol. The van der Waals surface area contributed by atoms with E-state index in [1.54, 1.807) is 0 Å². The lowest BCUT2D eigenvalue weighted by atomic mass is 10.0. The van der Waals surface area contributed by atoms with E-state index in [2.05, 4.69) is 95.8 Å². The second-order valence-electron chi connectivity index (χ2n) is 9.52. The molecule has 2 aliphatic heterocycles. The molecule has 0 atom stereocenters. The van der Waals surface area contributed by atoms with Gasteiger partial charge in [0.05, 0.1) is 29.4 Å². The van der Waals surface area contributed by atoms with Gasteiger partial charge in [0.25, 0.3) is 0 Å². The molecule has 0 aliphatic carbocycles. The molecule has 0 fully saturated rings. The number of ether oxygens (including phenoxy) is 1. The van der Waals surface area contributed by atoms with Crippen LogP contribution < -0.4 is 4.74 Å². The molecule has 0 spiro atoms. The van der Waals surface area contributed by atoms with Crippen molar-refractivity contribution in [3.8, 4) is 5.75 Å². The first kappa shape index (κ1) is 23.0. The average Bonchev–Trinajstić information content (AvgIpc) is 3.70. The molecular formula is C32H30N4O. The van der Waals surface area contributed by atoms with Crippen molar-refractivity contribution >= 4 is 45.9 Å². The zero-order valence-electron chi connectivity index (χ0n) is 21.0.